The first-order valence-corrected chi connectivity index (χ1v) is 25.4. The topological polar surface area (TPSA) is 6.48 Å². The van der Waals surface area contributed by atoms with Gasteiger partial charge in [-0.1, -0.05) is 217 Å². The Bertz CT molecular complexity index is 2960. The molecule has 0 atom stereocenters. The highest BCUT2D eigenvalue weighted by atomic mass is 35.5. The summed E-state index contributed by atoms with van der Waals surface area (Å²) in [6, 6.07) is 83.2. The van der Waals surface area contributed by atoms with Crippen molar-refractivity contribution in [1.82, 2.24) is 0 Å². The fraction of sp³-hybridized carbons (Fsp3) is 0.129. The largest absolute Gasteiger partial charge is 0.308 e. The molecule has 0 radical (unpaired) electrons. The maximum absolute atomic E-state index is 8.13. The summed E-state index contributed by atoms with van der Waals surface area (Å²) in [4.78, 5) is 4.82. The lowest BCUT2D eigenvalue weighted by molar-refractivity contribution is 0.590. The zero-order valence-corrected chi connectivity index (χ0v) is 40.4. The molecule has 6 bridgehead atoms. The maximum atomic E-state index is 8.13. The molecule has 1 aliphatic rings. The molecular weight excluding hydrogens is 836 g/mol. The van der Waals surface area contributed by atoms with E-state index in [-0.39, 0.29) is 10.8 Å². The fourth-order valence-corrected chi connectivity index (χ4v) is 15.0. The second-order valence-electron chi connectivity index (χ2n) is 19.6. The van der Waals surface area contributed by atoms with Gasteiger partial charge in [-0.25, -0.2) is 0 Å². The van der Waals surface area contributed by atoms with Gasteiger partial charge in [0.1, 0.15) is 0 Å². The van der Waals surface area contributed by atoms with Crippen molar-refractivity contribution in [3.63, 3.8) is 0 Å². The summed E-state index contributed by atoms with van der Waals surface area (Å²) in [5, 5.41) is 5.85. The number of hydrogen-bond acceptors (Lipinski definition) is 2. The van der Waals surface area contributed by atoms with E-state index >= 15 is 0 Å². The minimum absolute atomic E-state index is 0.0653. The van der Waals surface area contributed by atoms with Crippen molar-refractivity contribution in [2.45, 2.75) is 52.4 Å². The van der Waals surface area contributed by atoms with E-state index in [9.17, 15) is 0 Å². The highest BCUT2D eigenvalue weighted by Crippen LogP contribution is 2.51. The summed E-state index contributed by atoms with van der Waals surface area (Å²) < 4.78 is 0. The fourth-order valence-electron chi connectivity index (χ4n) is 9.89. The average molecular weight is 892 g/mol. The Morgan fingerprint density at radius 1 is 0.333 bits per heavy atom. The smallest absolute Gasteiger partial charge is 0.179 e. The molecule has 9 aromatic carbocycles. The lowest BCUT2D eigenvalue weighted by Gasteiger charge is -2.38. The summed E-state index contributed by atoms with van der Waals surface area (Å²) in [6.07, 6.45) is 0. The summed E-state index contributed by atoms with van der Waals surface area (Å²) in [5.41, 5.74) is 13.0. The molecule has 0 saturated carbocycles. The van der Waals surface area contributed by atoms with Crippen LogP contribution in [0.25, 0.3) is 22.3 Å². The Kier molecular flexibility index (Phi) is 11.2. The Balaban J connectivity index is 1.37. The van der Waals surface area contributed by atoms with E-state index in [1.54, 1.807) is 0 Å². The van der Waals surface area contributed by atoms with Gasteiger partial charge in [0, 0.05) is 22.5 Å². The monoisotopic (exact) mass is 890 g/mol. The van der Waals surface area contributed by atoms with Crippen LogP contribution in [0.4, 0.5) is 34.1 Å². The minimum Gasteiger partial charge on any atom is -0.308 e. The second kappa shape index (κ2) is 17.1. The number of halogens is 1. The Hall–Kier alpha value is -6.91. The standard InChI is InChI=1S/C62H55ClN2Si/c1-61(2,3)46-36-38-56(54(40-46)44-22-11-7-12-23-44)64-48-26-19-32-52(42-48)66(50-28-15-9-16-29-50,51-30-17-10-18-31-51)53-33-20-27-49(43-53)65(59-35-21-34-58(64)60(59)63)57-39-37-47(62(4,5)6)41-55(57)45-24-13-8-14-25-45/h7-43H,1-6H3. The first kappa shape index (κ1) is 43.0. The Morgan fingerprint density at radius 3 is 1.06 bits per heavy atom. The Morgan fingerprint density at radius 2 is 0.682 bits per heavy atom. The van der Waals surface area contributed by atoms with E-state index in [0.29, 0.717) is 5.02 Å². The number of nitrogens with zero attached hydrogens (tertiary/aromatic N) is 2. The van der Waals surface area contributed by atoms with Gasteiger partial charge in [0.2, 0.25) is 0 Å². The van der Waals surface area contributed by atoms with Crippen LogP contribution in [0.2, 0.25) is 5.02 Å². The first-order valence-electron chi connectivity index (χ1n) is 23.0. The maximum Gasteiger partial charge on any atom is 0.179 e. The van der Waals surface area contributed by atoms with Gasteiger partial charge in [-0.3, -0.25) is 0 Å². The van der Waals surface area contributed by atoms with Crippen LogP contribution in [0.5, 0.6) is 0 Å². The molecule has 0 N–H and O–H groups in total. The molecule has 0 spiro atoms. The van der Waals surface area contributed by atoms with E-state index in [0.717, 1.165) is 56.4 Å². The molecule has 1 aliphatic heterocycles. The van der Waals surface area contributed by atoms with Gasteiger partial charge < -0.3 is 9.80 Å². The van der Waals surface area contributed by atoms with Crippen LogP contribution in [0.3, 0.4) is 0 Å². The third-order valence-electron chi connectivity index (χ3n) is 13.3. The third-order valence-corrected chi connectivity index (χ3v) is 18.4. The van der Waals surface area contributed by atoms with Gasteiger partial charge >= 0.3 is 0 Å². The quantitative estimate of drug-likeness (QED) is 0.154. The second-order valence-corrected chi connectivity index (χ2v) is 23.7. The van der Waals surface area contributed by atoms with E-state index in [4.69, 9.17) is 11.6 Å². The van der Waals surface area contributed by atoms with Crippen molar-refractivity contribution in [1.29, 1.82) is 0 Å². The molecule has 4 heteroatoms. The number of rotatable bonds is 6. The van der Waals surface area contributed by atoms with Crippen LogP contribution < -0.4 is 30.5 Å². The van der Waals surface area contributed by atoms with E-state index < -0.39 is 8.07 Å². The van der Waals surface area contributed by atoms with Crippen LogP contribution in [0.15, 0.2) is 224 Å². The summed E-state index contributed by atoms with van der Waals surface area (Å²) in [5.74, 6) is 0. The van der Waals surface area contributed by atoms with Crippen LogP contribution in [-0.4, -0.2) is 8.07 Å². The molecule has 0 saturated heterocycles. The molecule has 0 amide bonds. The molecule has 66 heavy (non-hydrogen) atoms. The molecule has 0 fully saturated rings. The SMILES string of the molecule is CC(C)(C)c1ccc(N2c3cccc(c3)[Si](c3ccccc3)(c3ccccc3)c3cccc(c3)N(c3ccc(C(C)(C)C)cc3-c3ccccc3)c3cccc2c3Cl)c(-c2ccccc2)c1. The number of anilines is 6. The van der Waals surface area contributed by atoms with Gasteiger partial charge in [-0.2, -0.15) is 0 Å². The molecule has 0 aromatic heterocycles. The predicted octanol–water partition coefficient (Wildman–Crippen LogP) is 14.9. The van der Waals surface area contributed by atoms with Crippen molar-refractivity contribution in [3.05, 3.63) is 241 Å². The molecule has 0 aliphatic carbocycles. The lowest BCUT2D eigenvalue weighted by Crippen LogP contribution is -2.74. The molecule has 2 nitrogen and oxygen atoms in total. The van der Waals surface area contributed by atoms with Gasteiger partial charge in [-0.15, -0.1) is 0 Å². The number of fused-ring (bicyclic) bond motifs is 6. The van der Waals surface area contributed by atoms with Crippen LogP contribution >= 0.6 is 11.6 Å². The van der Waals surface area contributed by atoms with Crippen molar-refractivity contribution in [2.24, 2.45) is 0 Å². The van der Waals surface area contributed by atoms with E-state index in [1.807, 2.05) is 0 Å². The zero-order chi connectivity index (χ0) is 45.6. The highest BCUT2D eigenvalue weighted by molar-refractivity contribution is 7.20. The summed E-state index contributed by atoms with van der Waals surface area (Å²) >= 11 is 8.13. The molecule has 0 unspecified atom stereocenters. The zero-order valence-electron chi connectivity index (χ0n) is 38.6. The molecular formula is C62H55ClN2Si. The third kappa shape index (κ3) is 7.66. The lowest BCUT2D eigenvalue weighted by atomic mass is 9.84. The average Bonchev–Trinajstić information content (AvgIpc) is 3.34. The van der Waals surface area contributed by atoms with Gasteiger partial charge in [0.15, 0.2) is 8.07 Å². The van der Waals surface area contributed by atoms with Crippen LogP contribution in [0.1, 0.15) is 52.7 Å². The van der Waals surface area contributed by atoms with Gasteiger partial charge in [-0.05, 0) is 114 Å². The van der Waals surface area contributed by atoms with Crippen molar-refractivity contribution < 1.29 is 0 Å². The van der Waals surface area contributed by atoms with E-state index in [1.165, 1.54) is 31.9 Å². The van der Waals surface area contributed by atoms with Crippen molar-refractivity contribution in [3.8, 4) is 22.3 Å². The van der Waals surface area contributed by atoms with E-state index in [2.05, 4.69) is 276 Å². The summed E-state index contributed by atoms with van der Waals surface area (Å²) in [7, 11) is -3.06. The predicted molar refractivity (Wildman–Crippen MR) is 286 cm³/mol. The van der Waals surface area contributed by atoms with Crippen molar-refractivity contribution >= 4 is 74.5 Å². The Labute approximate surface area is 397 Å². The van der Waals surface area contributed by atoms with Crippen LogP contribution in [-0.2, 0) is 10.8 Å². The normalized spacial score (nSPS) is 13.4. The van der Waals surface area contributed by atoms with Gasteiger partial charge in [0.25, 0.3) is 0 Å². The molecule has 9 aromatic rings. The van der Waals surface area contributed by atoms with Crippen molar-refractivity contribution in [2.75, 3.05) is 9.80 Å². The molecule has 10 rings (SSSR count). The highest BCUT2D eigenvalue weighted by Gasteiger charge is 2.43. The number of hydrogen-bond donors (Lipinski definition) is 0. The molecule has 1 heterocycles. The first-order chi connectivity index (χ1) is 31.9. The number of benzene rings is 9. The van der Waals surface area contributed by atoms with Gasteiger partial charge in [0.05, 0.1) is 27.8 Å². The molecule has 324 valence electrons. The summed E-state index contributed by atoms with van der Waals surface area (Å²) in [6.45, 7) is 13.7. The van der Waals surface area contributed by atoms with Crippen LogP contribution in [0, 0.1) is 0 Å². The minimum atomic E-state index is -3.06.